The monoisotopic (exact) mass is 298 g/mol. The first kappa shape index (κ1) is 17.2. The van der Waals surface area contributed by atoms with Crippen LogP contribution >= 0.6 is 0 Å². The summed E-state index contributed by atoms with van der Waals surface area (Å²) in [5.74, 6) is 0.791. The molecule has 1 N–H and O–H groups in total. The zero-order valence-corrected chi connectivity index (χ0v) is 14.2. The second kappa shape index (κ2) is 7.91. The van der Waals surface area contributed by atoms with E-state index < -0.39 is 0 Å². The zero-order chi connectivity index (χ0) is 15.3. The minimum Gasteiger partial charge on any atom is -0.389 e. The summed E-state index contributed by atoms with van der Waals surface area (Å²) in [4.78, 5) is 5.04. The Bertz CT molecular complexity index is 298. The number of piperidine rings is 1. The molecule has 0 amide bonds. The Kier molecular flexibility index (Phi) is 6.48. The van der Waals surface area contributed by atoms with Gasteiger partial charge in [-0.3, -0.25) is 0 Å². The molecular weight excluding hydrogens is 264 g/mol. The van der Waals surface area contributed by atoms with E-state index >= 15 is 0 Å². The lowest BCUT2D eigenvalue weighted by Crippen LogP contribution is -2.37. The van der Waals surface area contributed by atoms with Crippen molar-refractivity contribution in [1.29, 1.82) is 0 Å². The van der Waals surface area contributed by atoms with Crippen LogP contribution in [-0.2, 0) is 4.74 Å². The van der Waals surface area contributed by atoms with Crippen LogP contribution in [0, 0.1) is 5.92 Å². The Morgan fingerprint density at radius 3 is 2.48 bits per heavy atom. The maximum Gasteiger partial charge on any atom is 0.0900 e. The second-order valence-electron chi connectivity index (χ2n) is 7.85. The number of hydrogen-bond donors (Lipinski definition) is 1. The van der Waals surface area contributed by atoms with Crippen molar-refractivity contribution in [2.45, 2.75) is 58.2 Å². The van der Waals surface area contributed by atoms with E-state index in [2.05, 4.69) is 9.80 Å². The summed E-state index contributed by atoms with van der Waals surface area (Å²) in [6.45, 7) is 13.4. The summed E-state index contributed by atoms with van der Waals surface area (Å²) >= 11 is 0. The predicted octanol–water partition coefficient (Wildman–Crippen LogP) is 1.97. The van der Waals surface area contributed by atoms with Crippen LogP contribution in [0.3, 0.4) is 0 Å². The highest BCUT2D eigenvalue weighted by atomic mass is 16.5. The van der Waals surface area contributed by atoms with Gasteiger partial charge in [0, 0.05) is 19.6 Å². The van der Waals surface area contributed by atoms with Gasteiger partial charge in [0.1, 0.15) is 0 Å². The van der Waals surface area contributed by atoms with Crippen LogP contribution in [0.1, 0.15) is 46.5 Å². The van der Waals surface area contributed by atoms with E-state index in [9.17, 15) is 5.11 Å². The number of rotatable bonds is 6. The summed E-state index contributed by atoms with van der Waals surface area (Å²) in [5, 5.41) is 10.1. The third-order valence-corrected chi connectivity index (χ3v) is 4.51. The number of hydrogen-bond acceptors (Lipinski definition) is 4. The van der Waals surface area contributed by atoms with Crippen LogP contribution < -0.4 is 0 Å². The van der Waals surface area contributed by atoms with E-state index in [0.29, 0.717) is 6.61 Å². The lowest BCUT2D eigenvalue weighted by molar-refractivity contribution is -0.0550. The predicted molar refractivity (Wildman–Crippen MR) is 86.5 cm³/mol. The van der Waals surface area contributed by atoms with Gasteiger partial charge in [0.05, 0.1) is 18.3 Å². The maximum atomic E-state index is 10.1. The molecule has 21 heavy (non-hydrogen) atoms. The largest absolute Gasteiger partial charge is 0.389 e. The van der Waals surface area contributed by atoms with Crippen molar-refractivity contribution in [1.82, 2.24) is 9.80 Å². The van der Waals surface area contributed by atoms with Crippen molar-refractivity contribution in [3.8, 4) is 0 Å². The zero-order valence-electron chi connectivity index (χ0n) is 14.2. The van der Waals surface area contributed by atoms with Crippen molar-refractivity contribution < 1.29 is 9.84 Å². The summed E-state index contributed by atoms with van der Waals surface area (Å²) in [6, 6.07) is 0. The van der Waals surface area contributed by atoms with Crippen LogP contribution in [0.25, 0.3) is 0 Å². The molecular formula is C17H34N2O2. The van der Waals surface area contributed by atoms with E-state index in [1.54, 1.807) is 0 Å². The van der Waals surface area contributed by atoms with Crippen molar-refractivity contribution in [2.75, 3.05) is 45.9 Å². The molecule has 2 saturated heterocycles. The first-order chi connectivity index (χ1) is 9.92. The number of aliphatic hydroxyl groups excluding tert-OH is 1. The Hall–Kier alpha value is -0.160. The highest BCUT2D eigenvalue weighted by Crippen LogP contribution is 2.20. The number of ether oxygens (including phenoxy) is 1. The highest BCUT2D eigenvalue weighted by Gasteiger charge is 2.26. The Morgan fingerprint density at radius 2 is 1.81 bits per heavy atom. The van der Waals surface area contributed by atoms with E-state index in [1.807, 2.05) is 20.8 Å². The molecule has 0 bridgehead atoms. The van der Waals surface area contributed by atoms with Gasteiger partial charge in [-0.2, -0.15) is 0 Å². The lowest BCUT2D eigenvalue weighted by atomic mass is 10.1. The van der Waals surface area contributed by atoms with Crippen LogP contribution in [0.4, 0.5) is 0 Å². The van der Waals surface area contributed by atoms with Crippen molar-refractivity contribution in [3.05, 3.63) is 0 Å². The quantitative estimate of drug-likeness (QED) is 0.813. The molecule has 2 aliphatic rings. The summed E-state index contributed by atoms with van der Waals surface area (Å²) in [6.07, 6.45) is 5.08. The topological polar surface area (TPSA) is 35.9 Å². The van der Waals surface area contributed by atoms with E-state index in [0.717, 1.165) is 25.6 Å². The van der Waals surface area contributed by atoms with Gasteiger partial charge in [0.2, 0.25) is 0 Å². The summed E-state index contributed by atoms with van der Waals surface area (Å²) in [5.41, 5.74) is -0.164. The van der Waals surface area contributed by atoms with Gasteiger partial charge in [-0.05, 0) is 65.6 Å². The lowest BCUT2D eigenvalue weighted by Gasteiger charge is -2.29. The van der Waals surface area contributed by atoms with Gasteiger partial charge < -0.3 is 19.6 Å². The van der Waals surface area contributed by atoms with Gasteiger partial charge >= 0.3 is 0 Å². The van der Waals surface area contributed by atoms with Crippen molar-refractivity contribution >= 4 is 0 Å². The molecule has 2 heterocycles. The average molecular weight is 298 g/mol. The molecule has 0 aliphatic carbocycles. The fraction of sp³-hybridized carbons (Fsp3) is 1.00. The summed E-state index contributed by atoms with van der Waals surface area (Å²) < 4.78 is 5.66. The Morgan fingerprint density at radius 1 is 1.10 bits per heavy atom. The van der Waals surface area contributed by atoms with Crippen molar-refractivity contribution in [2.24, 2.45) is 5.92 Å². The fourth-order valence-corrected chi connectivity index (χ4v) is 3.43. The molecule has 2 atom stereocenters. The number of aliphatic hydroxyl groups is 1. The molecule has 2 rings (SSSR count). The molecule has 4 heteroatoms. The number of likely N-dealkylation sites (tertiary alicyclic amines) is 2. The normalized spacial score (nSPS) is 27.1. The van der Waals surface area contributed by atoms with E-state index in [1.165, 1.54) is 45.3 Å². The smallest absolute Gasteiger partial charge is 0.0900 e. The molecule has 0 saturated carbocycles. The van der Waals surface area contributed by atoms with E-state index in [4.69, 9.17) is 4.74 Å². The van der Waals surface area contributed by atoms with Crippen molar-refractivity contribution in [3.63, 3.8) is 0 Å². The molecule has 2 aliphatic heterocycles. The SMILES string of the molecule is CC(C)(C)OCC(O)CN1CCC(CN2CCCCC2)C1. The number of β-amino-alcohol motifs (C(OH)–C–C–N with tert-alkyl or cyclic N) is 1. The van der Waals surface area contributed by atoms with Crippen LogP contribution in [-0.4, -0.2) is 72.5 Å². The molecule has 124 valence electrons. The van der Waals surface area contributed by atoms with Gasteiger partial charge in [0.25, 0.3) is 0 Å². The Labute approximate surface area is 130 Å². The third kappa shape index (κ3) is 6.64. The first-order valence-electron chi connectivity index (χ1n) is 8.69. The van der Waals surface area contributed by atoms with Gasteiger partial charge in [-0.25, -0.2) is 0 Å². The maximum absolute atomic E-state index is 10.1. The van der Waals surface area contributed by atoms with Crippen LogP contribution in [0.5, 0.6) is 0 Å². The van der Waals surface area contributed by atoms with Gasteiger partial charge in [-0.15, -0.1) is 0 Å². The average Bonchev–Trinajstić information content (AvgIpc) is 2.84. The Balaban J connectivity index is 1.62. The molecule has 0 spiro atoms. The standard InChI is InChI=1S/C17H34N2O2/c1-17(2,3)21-14-16(20)13-19-10-7-15(12-19)11-18-8-5-4-6-9-18/h15-16,20H,4-14H2,1-3H3. The molecule has 2 unspecified atom stereocenters. The molecule has 0 radical (unpaired) electrons. The van der Waals surface area contributed by atoms with Crippen LogP contribution in [0.2, 0.25) is 0 Å². The summed E-state index contributed by atoms with van der Waals surface area (Å²) in [7, 11) is 0. The van der Waals surface area contributed by atoms with Gasteiger partial charge in [0.15, 0.2) is 0 Å². The molecule has 0 aromatic heterocycles. The third-order valence-electron chi connectivity index (χ3n) is 4.51. The fourth-order valence-electron chi connectivity index (χ4n) is 3.43. The number of nitrogens with zero attached hydrogens (tertiary/aromatic N) is 2. The molecule has 4 nitrogen and oxygen atoms in total. The van der Waals surface area contributed by atoms with Gasteiger partial charge in [-0.1, -0.05) is 6.42 Å². The minimum absolute atomic E-state index is 0.164. The molecule has 0 aromatic carbocycles. The minimum atomic E-state index is -0.363. The molecule has 0 aromatic rings. The first-order valence-corrected chi connectivity index (χ1v) is 8.69. The second-order valence-corrected chi connectivity index (χ2v) is 7.85. The van der Waals surface area contributed by atoms with Crippen LogP contribution in [0.15, 0.2) is 0 Å². The van der Waals surface area contributed by atoms with E-state index in [-0.39, 0.29) is 11.7 Å². The highest BCUT2D eigenvalue weighted by molar-refractivity contribution is 4.81. The molecule has 2 fully saturated rings.